The smallest absolute Gasteiger partial charge is 0.255 e. The van der Waals surface area contributed by atoms with Gasteiger partial charge in [0.1, 0.15) is 23.9 Å². The predicted octanol–water partition coefficient (Wildman–Crippen LogP) is 3.74. The fourth-order valence-corrected chi connectivity index (χ4v) is 2.31. The Bertz CT molecular complexity index is 970. The minimum Gasteiger partial charge on any atom is -0.345 e. The Labute approximate surface area is 151 Å². The van der Waals surface area contributed by atoms with E-state index < -0.39 is 0 Å². The highest BCUT2D eigenvalue weighted by molar-refractivity contribution is 6.05. The molecule has 0 aromatic heterocycles. The van der Waals surface area contributed by atoms with Crippen LogP contribution < -0.4 is 10.6 Å². The summed E-state index contributed by atoms with van der Waals surface area (Å²) in [5.41, 5.74) is 2.10. The lowest BCUT2D eigenvalue weighted by Gasteiger charge is -2.11. The van der Waals surface area contributed by atoms with Gasteiger partial charge in [-0.1, -0.05) is 31.2 Å². The maximum Gasteiger partial charge on any atom is 0.255 e. The van der Waals surface area contributed by atoms with Crippen LogP contribution >= 0.6 is 0 Å². The van der Waals surface area contributed by atoms with Crippen LogP contribution in [-0.4, -0.2) is 5.91 Å². The topological polar surface area (TPSA) is 112 Å². The van der Waals surface area contributed by atoms with Gasteiger partial charge in [-0.05, 0) is 36.2 Å². The Morgan fingerprint density at radius 2 is 1.69 bits per heavy atom. The summed E-state index contributed by atoms with van der Waals surface area (Å²) in [6, 6.07) is 19.1. The Hall–Kier alpha value is -4.08. The summed E-state index contributed by atoms with van der Waals surface area (Å²) in [4.78, 5) is 12.5. The number of para-hydroxylation sites is 1. The molecule has 2 rings (SSSR count). The SMILES string of the molecule is CCc1ccccc1NC(=O)c1cccc(NC(C#N)=C(C#N)C#N)c1. The zero-order chi connectivity index (χ0) is 18.9. The number of rotatable bonds is 5. The average molecular weight is 341 g/mol. The normalized spacial score (nSPS) is 9.15. The molecule has 2 aromatic carbocycles. The third-order valence-corrected chi connectivity index (χ3v) is 3.63. The van der Waals surface area contributed by atoms with E-state index in [2.05, 4.69) is 10.6 Å². The molecule has 0 aliphatic carbocycles. The van der Waals surface area contributed by atoms with E-state index in [4.69, 9.17) is 15.8 Å². The van der Waals surface area contributed by atoms with Crippen molar-refractivity contribution in [3.05, 3.63) is 70.9 Å². The van der Waals surface area contributed by atoms with Crippen LogP contribution in [0.15, 0.2) is 59.8 Å². The summed E-state index contributed by atoms with van der Waals surface area (Å²) < 4.78 is 0. The summed E-state index contributed by atoms with van der Waals surface area (Å²) in [6.45, 7) is 2.01. The summed E-state index contributed by atoms with van der Waals surface area (Å²) in [5.74, 6) is -0.294. The zero-order valence-electron chi connectivity index (χ0n) is 14.1. The molecular formula is C20H15N5O. The molecule has 1 amide bonds. The molecule has 6 heteroatoms. The monoisotopic (exact) mass is 341 g/mol. The van der Waals surface area contributed by atoms with Gasteiger partial charge in [0.25, 0.3) is 5.91 Å². The number of nitriles is 3. The van der Waals surface area contributed by atoms with Crippen LogP contribution in [-0.2, 0) is 6.42 Å². The van der Waals surface area contributed by atoms with E-state index in [1.807, 2.05) is 31.2 Å². The number of aryl methyl sites for hydroxylation is 1. The van der Waals surface area contributed by atoms with Crippen molar-refractivity contribution in [2.24, 2.45) is 0 Å². The second kappa shape index (κ2) is 8.68. The maximum absolute atomic E-state index is 12.5. The molecule has 0 unspecified atom stereocenters. The molecule has 0 saturated carbocycles. The van der Waals surface area contributed by atoms with Crippen molar-refractivity contribution in [3.8, 4) is 18.2 Å². The summed E-state index contributed by atoms with van der Waals surface area (Å²) >= 11 is 0. The van der Waals surface area contributed by atoms with Crippen molar-refractivity contribution in [1.29, 1.82) is 15.8 Å². The lowest BCUT2D eigenvalue weighted by molar-refractivity contribution is 0.102. The van der Waals surface area contributed by atoms with Crippen molar-refractivity contribution in [2.45, 2.75) is 13.3 Å². The molecule has 0 heterocycles. The molecule has 0 aliphatic heterocycles. The standard InChI is InChI=1S/C20H15N5O/c1-2-14-6-3-4-9-18(14)25-20(26)15-7-5-8-17(10-15)24-19(13-23)16(11-21)12-22/h3-10,24H,2H2,1H3,(H,25,26). The zero-order valence-corrected chi connectivity index (χ0v) is 14.1. The van der Waals surface area contributed by atoms with Crippen molar-refractivity contribution in [3.63, 3.8) is 0 Å². The van der Waals surface area contributed by atoms with Crippen LogP contribution in [0.5, 0.6) is 0 Å². The number of benzene rings is 2. The lowest BCUT2D eigenvalue weighted by Crippen LogP contribution is -2.13. The second-order valence-electron chi connectivity index (χ2n) is 5.26. The first kappa shape index (κ1) is 18.3. The van der Waals surface area contributed by atoms with Gasteiger partial charge in [0.05, 0.1) is 0 Å². The fourth-order valence-electron chi connectivity index (χ4n) is 2.31. The molecule has 126 valence electrons. The molecule has 26 heavy (non-hydrogen) atoms. The van der Waals surface area contributed by atoms with Crippen LogP contribution in [0.4, 0.5) is 11.4 Å². The molecule has 0 fully saturated rings. The number of hydrogen-bond donors (Lipinski definition) is 2. The van der Waals surface area contributed by atoms with E-state index >= 15 is 0 Å². The van der Waals surface area contributed by atoms with E-state index in [0.29, 0.717) is 11.3 Å². The van der Waals surface area contributed by atoms with Crippen LogP contribution in [0, 0.1) is 34.0 Å². The summed E-state index contributed by atoms with van der Waals surface area (Å²) in [6.07, 6.45) is 0.791. The van der Waals surface area contributed by atoms with Gasteiger partial charge in [-0.15, -0.1) is 0 Å². The molecule has 0 aliphatic rings. The van der Waals surface area contributed by atoms with Gasteiger partial charge in [0, 0.05) is 16.9 Å². The number of anilines is 2. The highest BCUT2D eigenvalue weighted by atomic mass is 16.1. The van der Waals surface area contributed by atoms with E-state index in [1.54, 1.807) is 42.5 Å². The first-order valence-corrected chi connectivity index (χ1v) is 7.83. The second-order valence-corrected chi connectivity index (χ2v) is 5.26. The fraction of sp³-hybridized carbons (Fsp3) is 0.100. The van der Waals surface area contributed by atoms with E-state index in [9.17, 15) is 4.79 Å². The van der Waals surface area contributed by atoms with E-state index in [1.165, 1.54) is 0 Å². The van der Waals surface area contributed by atoms with Gasteiger partial charge in [-0.2, -0.15) is 15.8 Å². The van der Waals surface area contributed by atoms with Gasteiger partial charge < -0.3 is 10.6 Å². The number of nitrogens with zero attached hydrogens (tertiary/aromatic N) is 3. The number of carbonyl (C=O) groups excluding carboxylic acids is 1. The number of hydrogen-bond acceptors (Lipinski definition) is 5. The quantitative estimate of drug-likeness (QED) is 0.804. The minimum absolute atomic E-state index is 0.163. The molecule has 0 atom stereocenters. The summed E-state index contributed by atoms with van der Waals surface area (Å²) in [7, 11) is 0. The van der Waals surface area contributed by atoms with Gasteiger partial charge >= 0.3 is 0 Å². The highest BCUT2D eigenvalue weighted by Crippen LogP contribution is 2.19. The van der Waals surface area contributed by atoms with Gasteiger partial charge in [-0.25, -0.2) is 0 Å². The predicted molar refractivity (Wildman–Crippen MR) is 97.7 cm³/mol. The maximum atomic E-state index is 12.5. The highest BCUT2D eigenvalue weighted by Gasteiger charge is 2.11. The Kier molecular flexibility index (Phi) is 6.10. The number of nitrogens with one attached hydrogen (secondary N) is 2. The first-order valence-electron chi connectivity index (χ1n) is 7.83. The summed E-state index contributed by atoms with van der Waals surface area (Å²) in [5, 5.41) is 32.4. The molecule has 2 N–H and O–H groups in total. The van der Waals surface area contributed by atoms with Gasteiger partial charge in [-0.3, -0.25) is 4.79 Å². The molecular weight excluding hydrogens is 326 g/mol. The van der Waals surface area contributed by atoms with Crippen LogP contribution in [0.3, 0.4) is 0 Å². The number of allylic oxidation sites excluding steroid dienone is 2. The molecule has 0 bridgehead atoms. The minimum atomic E-state index is -0.320. The number of amides is 1. The Balaban J connectivity index is 2.25. The Morgan fingerprint density at radius 1 is 0.962 bits per heavy atom. The molecule has 6 nitrogen and oxygen atoms in total. The van der Waals surface area contributed by atoms with Crippen molar-refractivity contribution in [2.75, 3.05) is 10.6 Å². The molecule has 0 spiro atoms. The average Bonchev–Trinajstić information content (AvgIpc) is 2.68. The van der Waals surface area contributed by atoms with Crippen LogP contribution in [0.1, 0.15) is 22.8 Å². The van der Waals surface area contributed by atoms with Gasteiger partial charge in [0.15, 0.2) is 5.57 Å². The number of carbonyl (C=O) groups is 1. The molecule has 0 radical (unpaired) electrons. The lowest BCUT2D eigenvalue weighted by atomic mass is 10.1. The van der Waals surface area contributed by atoms with Crippen LogP contribution in [0.25, 0.3) is 0 Å². The third kappa shape index (κ3) is 4.26. The molecule has 0 saturated heterocycles. The first-order chi connectivity index (χ1) is 12.6. The van der Waals surface area contributed by atoms with E-state index in [-0.39, 0.29) is 17.2 Å². The molecule has 2 aromatic rings. The largest absolute Gasteiger partial charge is 0.345 e. The van der Waals surface area contributed by atoms with E-state index in [0.717, 1.165) is 17.7 Å². The third-order valence-electron chi connectivity index (χ3n) is 3.63. The van der Waals surface area contributed by atoms with Crippen molar-refractivity contribution in [1.82, 2.24) is 0 Å². The van der Waals surface area contributed by atoms with Crippen LogP contribution in [0.2, 0.25) is 0 Å². The Morgan fingerprint density at radius 3 is 2.35 bits per heavy atom. The van der Waals surface area contributed by atoms with Gasteiger partial charge in [0.2, 0.25) is 0 Å². The van der Waals surface area contributed by atoms with Crippen molar-refractivity contribution < 1.29 is 4.79 Å². The van der Waals surface area contributed by atoms with Crippen molar-refractivity contribution >= 4 is 17.3 Å².